The molecule has 1 rings (SSSR count). The molecule has 1 amide bonds. The minimum absolute atomic E-state index is 0.124. The van der Waals surface area contributed by atoms with Crippen molar-refractivity contribution in [2.24, 2.45) is 5.73 Å². The quantitative estimate of drug-likeness (QED) is 0.607. The number of benzene rings is 1. The van der Waals surface area contributed by atoms with Crippen LogP contribution in [0.4, 0.5) is 0 Å². The topological polar surface area (TPSA) is 101 Å². The maximum Gasteiger partial charge on any atom is 0.248 e. The number of hydrogen-bond donors (Lipinski definition) is 3. The molecular weight excluding hydrogens is 278 g/mol. The second-order valence-corrected chi connectivity index (χ2v) is 6.52. The van der Waals surface area contributed by atoms with Crippen LogP contribution >= 0.6 is 0 Å². The average molecular weight is 299 g/mol. The Morgan fingerprint density at radius 2 is 1.80 bits per heavy atom. The molecule has 0 bridgehead atoms. The van der Waals surface area contributed by atoms with Gasteiger partial charge in [-0.3, -0.25) is 4.79 Å². The van der Waals surface area contributed by atoms with Crippen LogP contribution in [-0.2, 0) is 10.0 Å². The maximum atomic E-state index is 12.0. The van der Waals surface area contributed by atoms with Crippen molar-refractivity contribution in [3.63, 3.8) is 0 Å². The average Bonchev–Trinajstić information content (AvgIpc) is 2.38. The molecule has 0 saturated heterocycles. The first-order chi connectivity index (χ1) is 9.33. The molecule has 0 unspecified atom stereocenters. The van der Waals surface area contributed by atoms with Gasteiger partial charge in [0.05, 0.1) is 4.90 Å². The molecule has 6 nitrogen and oxygen atoms in total. The molecule has 0 atom stereocenters. The molecule has 0 heterocycles. The van der Waals surface area contributed by atoms with Crippen LogP contribution in [0.25, 0.3) is 0 Å². The third-order valence-electron chi connectivity index (χ3n) is 2.65. The summed E-state index contributed by atoms with van der Waals surface area (Å²) in [5.41, 5.74) is 5.38. The van der Waals surface area contributed by atoms with Crippen LogP contribution in [-0.4, -0.2) is 33.5 Å². The van der Waals surface area contributed by atoms with E-state index < -0.39 is 15.9 Å². The number of nitrogens with two attached hydrogens (primary N) is 1. The fourth-order valence-corrected chi connectivity index (χ4v) is 2.64. The maximum absolute atomic E-state index is 12.0. The van der Waals surface area contributed by atoms with E-state index in [1.165, 1.54) is 24.3 Å². The zero-order valence-electron chi connectivity index (χ0n) is 11.7. The zero-order valence-corrected chi connectivity index (χ0v) is 12.5. The molecule has 0 aliphatic heterocycles. The predicted molar refractivity (Wildman–Crippen MR) is 77.9 cm³/mol. The molecule has 0 aliphatic carbocycles. The summed E-state index contributed by atoms with van der Waals surface area (Å²) in [6.45, 7) is 5.18. The molecule has 1 aromatic carbocycles. The van der Waals surface area contributed by atoms with E-state index in [4.69, 9.17) is 5.73 Å². The van der Waals surface area contributed by atoms with Gasteiger partial charge in [-0.1, -0.05) is 13.8 Å². The number of hydrogen-bond acceptors (Lipinski definition) is 4. The summed E-state index contributed by atoms with van der Waals surface area (Å²) >= 11 is 0. The lowest BCUT2D eigenvalue weighted by molar-refractivity contribution is 0.1000. The number of primary amides is 1. The third-order valence-corrected chi connectivity index (χ3v) is 4.12. The molecule has 0 radical (unpaired) electrons. The van der Waals surface area contributed by atoms with Gasteiger partial charge in [-0.05, 0) is 37.2 Å². The smallest absolute Gasteiger partial charge is 0.248 e. The normalized spacial score (nSPS) is 11.8. The van der Waals surface area contributed by atoms with Crippen molar-refractivity contribution in [3.05, 3.63) is 29.8 Å². The Morgan fingerprint density at radius 1 is 1.20 bits per heavy atom. The second-order valence-electron chi connectivity index (χ2n) is 4.75. The van der Waals surface area contributed by atoms with Gasteiger partial charge in [-0.2, -0.15) is 0 Å². The van der Waals surface area contributed by atoms with E-state index in [2.05, 4.69) is 10.0 Å². The van der Waals surface area contributed by atoms with Crippen molar-refractivity contribution in [3.8, 4) is 0 Å². The Morgan fingerprint density at radius 3 is 2.30 bits per heavy atom. The number of rotatable bonds is 8. The van der Waals surface area contributed by atoms with Crippen molar-refractivity contribution in [1.82, 2.24) is 10.0 Å². The van der Waals surface area contributed by atoms with E-state index in [1.807, 2.05) is 13.8 Å². The lowest BCUT2D eigenvalue weighted by Gasteiger charge is -2.09. The number of carbonyl (C=O) groups excluding carboxylic acids is 1. The van der Waals surface area contributed by atoms with Gasteiger partial charge < -0.3 is 11.1 Å². The van der Waals surface area contributed by atoms with Gasteiger partial charge in [-0.15, -0.1) is 0 Å². The highest BCUT2D eigenvalue weighted by atomic mass is 32.2. The van der Waals surface area contributed by atoms with Crippen LogP contribution in [0.5, 0.6) is 0 Å². The Hall–Kier alpha value is -1.44. The Labute approximate surface area is 119 Å². The molecule has 0 spiro atoms. The molecule has 4 N–H and O–H groups in total. The highest BCUT2D eigenvalue weighted by molar-refractivity contribution is 7.89. The first-order valence-corrected chi connectivity index (χ1v) is 7.94. The minimum atomic E-state index is -3.53. The zero-order chi connectivity index (χ0) is 15.2. The van der Waals surface area contributed by atoms with E-state index in [1.54, 1.807) is 0 Å². The van der Waals surface area contributed by atoms with Crippen LogP contribution < -0.4 is 15.8 Å². The largest absolute Gasteiger partial charge is 0.366 e. The molecule has 1 aromatic rings. The van der Waals surface area contributed by atoms with Gasteiger partial charge in [0.25, 0.3) is 0 Å². The van der Waals surface area contributed by atoms with E-state index in [0.29, 0.717) is 19.0 Å². The fraction of sp³-hybridized carbons (Fsp3) is 0.462. The summed E-state index contributed by atoms with van der Waals surface area (Å²) in [5.74, 6) is -0.582. The Kier molecular flexibility index (Phi) is 6.12. The number of nitrogens with one attached hydrogen (secondary N) is 2. The van der Waals surface area contributed by atoms with Crippen LogP contribution in [0, 0.1) is 0 Å². The number of sulfonamides is 1. The molecule has 20 heavy (non-hydrogen) atoms. The first-order valence-electron chi connectivity index (χ1n) is 6.46. The molecule has 0 saturated carbocycles. The lowest BCUT2D eigenvalue weighted by Crippen LogP contribution is -2.29. The Bertz CT molecular complexity index is 538. The minimum Gasteiger partial charge on any atom is -0.366 e. The van der Waals surface area contributed by atoms with Crippen molar-refractivity contribution < 1.29 is 13.2 Å². The van der Waals surface area contributed by atoms with Gasteiger partial charge in [0.15, 0.2) is 0 Å². The number of amides is 1. The second kappa shape index (κ2) is 7.37. The van der Waals surface area contributed by atoms with Crippen LogP contribution in [0.1, 0.15) is 30.6 Å². The standard InChI is InChI=1S/C13H21N3O3S/c1-10(2)15-8-3-9-16-20(18,19)12-6-4-11(5-7-12)13(14)17/h4-7,10,15-16H,3,8-9H2,1-2H3,(H2,14,17). The highest BCUT2D eigenvalue weighted by Crippen LogP contribution is 2.10. The van der Waals surface area contributed by atoms with Crippen molar-refractivity contribution in [2.75, 3.05) is 13.1 Å². The van der Waals surface area contributed by atoms with Gasteiger partial charge in [-0.25, -0.2) is 13.1 Å². The summed E-state index contributed by atoms with van der Waals surface area (Å²) < 4.78 is 26.4. The molecule has 0 aromatic heterocycles. The number of carbonyl (C=O) groups is 1. The monoisotopic (exact) mass is 299 g/mol. The predicted octanol–water partition coefficient (Wildman–Crippen LogP) is 0.452. The summed E-state index contributed by atoms with van der Waals surface area (Å²) in [6.07, 6.45) is 0.705. The molecule has 0 fully saturated rings. The van der Waals surface area contributed by atoms with Gasteiger partial charge in [0.2, 0.25) is 15.9 Å². The lowest BCUT2D eigenvalue weighted by atomic mass is 10.2. The molecule has 0 aliphatic rings. The molecular formula is C13H21N3O3S. The van der Waals surface area contributed by atoms with Gasteiger partial charge >= 0.3 is 0 Å². The summed E-state index contributed by atoms with van der Waals surface area (Å²) in [5, 5.41) is 3.21. The van der Waals surface area contributed by atoms with Crippen LogP contribution in [0.2, 0.25) is 0 Å². The first kappa shape index (κ1) is 16.6. The van der Waals surface area contributed by atoms with E-state index in [9.17, 15) is 13.2 Å². The summed E-state index contributed by atoms with van der Waals surface area (Å²) in [6, 6.07) is 5.92. The highest BCUT2D eigenvalue weighted by Gasteiger charge is 2.13. The van der Waals surface area contributed by atoms with E-state index in [0.717, 1.165) is 6.54 Å². The fourth-order valence-electron chi connectivity index (χ4n) is 1.57. The van der Waals surface area contributed by atoms with Crippen molar-refractivity contribution >= 4 is 15.9 Å². The third kappa shape index (κ3) is 5.28. The summed E-state index contributed by atoms with van der Waals surface area (Å²) in [7, 11) is -3.53. The van der Waals surface area contributed by atoms with Crippen molar-refractivity contribution in [2.45, 2.75) is 31.2 Å². The molecule has 7 heteroatoms. The van der Waals surface area contributed by atoms with Crippen LogP contribution in [0.3, 0.4) is 0 Å². The van der Waals surface area contributed by atoms with Crippen LogP contribution in [0.15, 0.2) is 29.2 Å². The van der Waals surface area contributed by atoms with Gasteiger partial charge in [0.1, 0.15) is 0 Å². The Balaban J connectivity index is 2.54. The SMILES string of the molecule is CC(C)NCCCNS(=O)(=O)c1ccc(C(N)=O)cc1. The summed E-state index contributed by atoms with van der Waals surface area (Å²) in [4.78, 5) is 11.0. The van der Waals surface area contributed by atoms with E-state index >= 15 is 0 Å². The van der Waals surface area contributed by atoms with E-state index in [-0.39, 0.29) is 10.5 Å². The van der Waals surface area contributed by atoms with Crippen molar-refractivity contribution in [1.29, 1.82) is 0 Å². The van der Waals surface area contributed by atoms with Gasteiger partial charge in [0, 0.05) is 18.2 Å². The molecule has 112 valence electrons.